The monoisotopic (exact) mass is 442 g/mol. The zero-order valence-electron chi connectivity index (χ0n) is 16.4. The van der Waals surface area contributed by atoms with Gasteiger partial charge in [0.25, 0.3) is 0 Å². The number of hydrogen-bond donors (Lipinski definition) is 7. The van der Waals surface area contributed by atoms with E-state index in [4.69, 9.17) is 24.4 Å². The van der Waals surface area contributed by atoms with E-state index in [1.807, 2.05) is 0 Å². The van der Waals surface area contributed by atoms with E-state index in [0.717, 1.165) is 6.08 Å². The highest BCUT2D eigenvalue weighted by Crippen LogP contribution is 2.25. The molecule has 7 N–H and O–H groups in total. The van der Waals surface area contributed by atoms with Gasteiger partial charge in [-0.1, -0.05) is 12.1 Å². The Balaban J connectivity index is 1.92. The molecule has 0 bridgehead atoms. The number of carbonyl (C=O) groups is 1. The molecule has 1 aromatic carbocycles. The number of phenolic OH excluding ortho intramolecular Hbond substituents is 2. The molecule has 0 spiro atoms. The standard InChI is InChI=1S/C20H26O11/c21-6-5-12(8-22)9-30-20-19(28)18(27)17(26)15(31-20)10-29-16(25)4-2-11-1-3-13(23)14(24)7-11/h1-5,7,15,17-24,26-28H,6,8-10H2. The Hall–Kier alpha value is -2.51. The predicted molar refractivity (Wildman–Crippen MR) is 105 cm³/mol. The van der Waals surface area contributed by atoms with Crippen molar-refractivity contribution in [3.05, 3.63) is 41.5 Å². The molecule has 1 saturated heterocycles. The number of benzene rings is 1. The molecule has 11 nitrogen and oxygen atoms in total. The average Bonchev–Trinajstić information content (AvgIpc) is 2.76. The summed E-state index contributed by atoms with van der Waals surface area (Å²) in [7, 11) is 0. The Morgan fingerprint density at radius 3 is 2.45 bits per heavy atom. The molecule has 0 saturated carbocycles. The second kappa shape index (κ2) is 11.8. The van der Waals surface area contributed by atoms with Gasteiger partial charge in [-0.05, 0) is 29.3 Å². The summed E-state index contributed by atoms with van der Waals surface area (Å²) in [5.41, 5.74) is 0.733. The minimum Gasteiger partial charge on any atom is -0.504 e. The van der Waals surface area contributed by atoms with Gasteiger partial charge in [0, 0.05) is 6.08 Å². The second-order valence-electron chi connectivity index (χ2n) is 6.74. The van der Waals surface area contributed by atoms with E-state index in [1.165, 1.54) is 30.4 Å². The highest BCUT2D eigenvalue weighted by atomic mass is 16.7. The topological polar surface area (TPSA) is 186 Å². The van der Waals surface area contributed by atoms with Crippen LogP contribution in [0.1, 0.15) is 5.56 Å². The molecular formula is C20H26O11. The van der Waals surface area contributed by atoms with E-state index < -0.39 is 49.9 Å². The van der Waals surface area contributed by atoms with E-state index in [-0.39, 0.29) is 24.7 Å². The van der Waals surface area contributed by atoms with Crippen molar-refractivity contribution in [2.45, 2.75) is 30.7 Å². The third kappa shape index (κ3) is 7.01. The van der Waals surface area contributed by atoms with Crippen molar-refractivity contribution in [3.8, 4) is 11.5 Å². The largest absolute Gasteiger partial charge is 0.504 e. The number of ether oxygens (including phenoxy) is 3. The number of esters is 1. The summed E-state index contributed by atoms with van der Waals surface area (Å²) >= 11 is 0. The molecule has 1 fully saturated rings. The Labute approximate surface area is 177 Å². The van der Waals surface area contributed by atoms with Gasteiger partial charge < -0.3 is 50.0 Å². The summed E-state index contributed by atoms with van der Waals surface area (Å²) in [6.07, 6.45) is -3.72. The molecule has 1 heterocycles. The molecule has 1 aliphatic heterocycles. The van der Waals surface area contributed by atoms with E-state index >= 15 is 0 Å². The molecule has 1 aromatic rings. The first-order chi connectivity index (χ1) is 14.8. The van der Waals surface area contributed by atoms with Crippen LogP contribution < -0.4 is 0 Å². The Kier molecular flexibility index (Phi) is 9.40. The lowest BCUT2D eigenvalue weighted by atomic mass is 9.99. The van der Waals surface area contributed by atoms with Crippen LogP contribution >= 0.6 is 0 Å². The number of carbonyl (C=O) groups excluding carboxylic acids is 1. The Bertz CT molecular complexity index is 791. The van der Waals surface area contributed by atoms with Gasteiger partial charge in [0.15, 0.2) is 17.8 Å². The van der Waals surface area contributed by atoms with Crippen LogP contribution in [-0.2, 0) is 19.0 Å². The Morgan fingerprint density at radius 1 is 1.06 bits per heavy atom. The van der Waals surface area contributed by atoms with Gasteiger partial charge in [0.05, 0.1) is 19.8 Å². The maximum atomic E-state index is 11.9. The summed E-state index contributed by atoms with van der Waals surface area (Å²) in [5, 5.41) is 66.8. The van der Waals surface area contributed by atoms with Crippen molar-refractivity contribution in [1.29, 1.82) is 0 Å². The molecule has 0 radical (unpaired) electrons. The van der Waals surface area contributed by atoms with Crippen LogP contribution in [0.25, 0.3) is 6.08 Å². The highest BCUT2D eigenvalue weighted by molar-refractivity contribution is 5.87. The fraction of sp³-hybridized carbons (Fsp3) is 0.450. The molecule has 31 heavy (non-hydrogen) atoms. The van der Waals surface area contributed by atoms with Crippen LogP contribution in [0.15, 0.2) is 35.9 Å². The number of hydrogen-bond acceptors (Lipinski definition) is 11. The minimum atomic E-state index is -1.64. The first-order valence-corrected chi connectivity index (χ1v) is 9.34. The smallest absolute Gasteiger partial charge is 0.330 e. The lowest BCUT2D eigenvalue weighted by Crippen LogP contribution is -2.59. The van der Waals surface area contributed by atoms with Gasteiger partial charge in [0.2, 0.25) is 0 Å². The minimum absolute atomic E-state index is 0.212. The molecule has 0 aromatic heterocycles. The van der Waals surface area contributed by atoms with Crippen LogP contribution in [-0.4, -0.2) is 98.8 Å². The number of aliphatic hydroxyl groups is 5. The quantitative estimate of drug-likeness (QED) is 0.101. The van der Waals surface area contributed by atoms with Gasteiger partial charge in [0.1, 0.15) is 31.0 Å². The van der Waals surface area contributed by atoms with Crippen molar-refractivity contribution < 1.29 is 54.8 Å². The second-order valence-corrected chi connectivity index (χ2v) is 6.74. The van der Waals surface area contributed by atoms with Crippen LogP contribution in [0.2, 0.25) is 0 Å². The molecule has 11 heteroatoms. The molecular weight excluding hydrogens is 416 g/mol. The fourth-order valence-electron chi connectivity index (χ4n) is 2.70. The van der Waals surface area contributed by atoms with E-state index in [0.29, 0.717) is 11.1 Å². The SMILES string of the molecule is O=C(C=Cc1ccc(O)c(O)c1)OCC1OC(OCC(=CCO)CO)C(O)C(O)C1O. The van der Waals surface area contributed by atoms with Crippen molar-refractivity contribution in [3.63, 3.8) is 0 Å². The summed E-state index contributed by atoms with van der Waals surface area (Å²) < 4.78 is 15.7. The first-order valence-electron chi connectivity index (χ1n) is 9.34. The summed E-state index contributed by atoms with van der Waals surface area (Å²) in [6.45, 7) is -1.41. The summed E-state index contributed by atoms with van der Waals surface area (Å²) in [5.74, 6) is -1.47. The maximum Gasteiger partial charge on any atom is 0.330 e. The lowest BCUT2D eigenvalue weighted by molar-refractivity contribution is -0.299. The normalized spacial score (nSPS) is 26.9. The van der Waals surface area contributed by atoms with Crippen molar-refractivity contribution >= 4 is 12.0 Å². The molecule has 0 aliphatic carbocycles. The molecule has 2 rings (SSSR count). The van der Waals surface area contributed by atoms with E-state index in [9.17, 15) is 30.3 Å². The third-order valence-electron chi connectivity index (χ3n) is 4.49. The Morgan fingerprint density at radius 2 is 1.81 bits per heavy atom. The van der Waals surface area contributed by atoms with Crippen LogP contribution in [0, 0.1) is 0 Å². The number of rotatable bonds is 9. The zero-order chi connectivity index (χ0) is 23.0. The zero-order valence-corrected chi connectivity index (χ0v) is 16.4. The third-order valence-corrected chi connectivity index (χ3v) is 4.49. The van der Waals surface area contributed by atoms with Gasteiger partial charge in [-0.25, -0.2) is 4.79 Å². The molecule has 5 atom stereocenters. The van der Waals surface area contributed by atoms with Crippen LogP contribution in [0.5, 0.6) is 11.5 Å². The van der Waals surface area contributed by atoms with E-state index in [1.54, 1.807) is 0 Å². The van der Waals surface area contributed by atoms with Gasteiger partial charge >= 0.3 is 5.97 Å². The number of aromatic hydroxyl groups is 2. The maximum absolute atomic E-state index is 11.9. The summed E-state index contributed by atoms with van der Waals surface area (Å²) in [4.78, 5) is 11.9. The van der Waals surface area contributed by atoms with Gasteiger partial charge in [-0.15, -0.1) is 0 Å². The predicted octanol–water partition coefficient (Wildman–Crippen LogP) is -1.61. The fourth-order valence-corrected chi connectivity index (χ4v) is 2.70. The molecule has 172 valence electrons. The van der Waals surface area contributed by atoms with Crippen LogP contribution in [0.3, 0.4) is 0 Å². The average molecular weight is 442 g/mol. The van der Waals surface area contributed by atoms with Crippen molar-refractivity contribution in [2.24, 2.45) is 0 Å². The molecule has 0 amide bonds. The highest BCUT2D eigenvalue weighted by Gasteiger charge is 2.44. The van der Waals surface area contributed by atoms with Crippen LogP contribution in [0.4, 0.5) is 0 Å². The van der Waals surface area contributed by atoms with Crippen molar-refractivity contribution in [2.75, 3.05) is 26.4 Å². The first kappa shape index (κ1) is 24.8. The van der Waals surface area contributed by atoms with Gasteiger partial charge in [-0.3, -0.25) is 0 Å². The number of phenols is 2. The van der Waals surface area contributed by atoms with E-state index in [2.05, 4.69) is 0 Å². The summed E-state index contributed by atoms with van der Waals surface area (Å²) in [6, 6.07) is 3.94. The van der Waals surface area contributed by atoms with Crippen molar-refractivity contribution in [1.82, 2.24) is 0 Å². The van der Waals surface area contributed by atoms with Gasteiger partial charge in [-0.2, -0.15) is 0 Å². The molecule has 1 aliphatic rings. The number of aliphatic hydroxyl groups excluding tert-OH is 5. The molecule has 5 unspecified atom stereocenters. The lowest BCUT2D eigenvalue weighted by Gasteiger charge is -2.40.